The number of hydrogen-bond acceptors (Lipinski definition) is 2. The highest BCUT2D eigenvalue weighted by atomic mass is 15.1. The molecule has 0 aromatic carbocycles. The summed E-state index contributed by atoms with van der Waals surface area (Å²) in [5.41, 5.74) is 0.531. The lowest BCUT2D eigenvalue weighted by molar-refractivity contribution is 0.302. The third kappa shape index (κ3) is 1.70. The van der Waals surface area contributed by atoms with Gasteiger partial charge in [0.1, 0.15) is 0 Å². The molecular formula is C8H18N2. The van der Waals surface area contributed by atoms with Gasteiger partial charge in [0.25, 0.3) is 0 Å². The molecule has 0 aromatic heterocycles. The highest BCUT2D eigenvalue weighted by Crippen LogP contribution is 2.27. The maximum atomic E-state index is 3.24. The normalized spacial score (nSPS) is 35.1. The van der Waals surface area contributed by atoms with Crippen molar-refractivity contribution in [3.05, 3.63) is 0 Å². The maximum absolute atomic E-state index is 3.24. The van der Waals surface area contributed by atoms with Gasteiger partial charge in [-0.25, -0.2) is 0 Å². The van der Waals surface area contributed by atoms with E-state index in [1.165, 1.54) is 19.5 Å². The summed E-state index contributed by atoms with van der Waals surface area (Å²) in [6, 6.07) is 0. The van der Waals surface area contributed by atoms with E-state index in [1.807, 2.05) is 7.05 Å². The van der Waals surface area contributed by atoms with Crippen LogP contribution >= 0.6 is 0 Å². The van der Waals surface area contributed by atoms with Crippen molar-refractivity contribution in [3.8, 4) is 0 Å². The zero-order valence-electron chi connectivity index (χ0n) is 7.28. The molecule has 0 saturated carbocycles. The molecule has 2 nitrogen and oxygen atoms in total. The van der Waals surface area contributed by atoms with E-state index in [-0.39, 0.29) is 0 Å². The van der Waals surface area contributed by atoms with E-state index >= 15 is 0 Å². The van der Waals surface area contributed by atoms with Gasteiger partial charge >= 0.3 is 0 Å². The van der Waals surface area contributed by atoms with Crippen LogP contribution in [0.3, 0.4) is 0 Å². The molecule has 1 aliphatic rings. The van der Waals surface area contributed by atoms with Gasteiger partial charge in [-0.3, -0.25) is 0 Å². The molecular weight excluding hydrogens is 124 g/mol. The van der Waals surface area contributed by atoms with Crippen molar-refractivity contribution in [2.75, 3.05) is 33.7 Å². The third-order valence-electron chi connectivity index (χ3n) is 2.35. The number of nitrogens with zero attached hydrogens (tertiary/aromatic N) is 1. The van der Waals surface area contributed by atoms with Crippen molar-refractivity contribution in [3.63, 3.8) is 0 Å². The molecule has 1 fully saturated rings. The molecule has 1 saturated heterocycles. The fourth-order valence-electron chi connectivity index (χ4n) is 1.84. The van der Waals surface area contributed by atoms with Crippen molar-refractivity contribution in [1.29, 1.82) is 0 Å². The monoisotopic (exact) mass is 142 g/mol. The highest BCUT2D eigenvalue weighted by Gasteiger charge is 2.30. The second-order valence-corrected chi connectivity index (χ2v) is 3.83. The summed E-state index contributed by atoms with van der Waals surface area (Å²) < 4.78 is 0. The van der Waals surface area contributed by atoms with Crippen molar-refractivity contribution < 1.29 is 0 Å². The predicted octanol–water partition coefficient (Wildman–Crippen LogP) is 0.548. The summed E-state index contributed by atoms with van der Waals surface area (Å²) in [5, 5.41) is 3.24. The SMILES string of the molecule is CNC[C@@]1(C)CCN(C)C1. The lowest BCUT2D eigenvalue weighted by Gasteiger charge is -2.22. The Labute approximate surface area is 63.6 Å². The lowest BCUT2D eigenvalue weighted by atomic mass is 9.90. The van der Waals surface area contributed by atoms with Gasteiger partial charge in [-0.05, 0) is 32.5 Å². The second kappa shape index (κ2) is 2.89. The molecule has 0 bridgehead atoms. The zero-order chi connectivity index (χ0) is 7.61. The summed E-state index contributed by atoms with van der Waals surface area (Å²) in [6.07, 6.45) is 1.34. The van der Waals surface area contributed by atoms with Crippen LogP contribution in [0.25, 0.3) is 0 Å². The molecule has 1 aliphatic heterocycles. The summed E-state index contributed by atoms with van der Waals surface area (Å²) in [5.74, 6) is 0. The zero-order valence-corrected chi connectivity index (χ0v) is 7.28. The predicted molar refractivity (Wildman–Crippen MR) is 44.1 cm³/mol. The van der Waals surface area contributed by atoms with Gasteiger partial charge in [-0.15, -0.1) is 0 Å². The Bertz CT molecular complexity index is 110. The smallest absolute Gasteiger partial charge is 0.00449 e. The second-order valence-electron chi connectivity index (χ2n) is 3.83. The minimum atomic E-state index is 0.531. The van der Waals surface area contributed by atoms with Gasteiger partial charge in [-0.2, -0.15) is 0 Å². The first-order chi connectivity index (χ1) is 4.66. The van der Waals surface area contributed by atoms with Crippen LogP contribution in [0.15, 0.2) is 0 Å². The van der Waals surface area contributed by atoms with E-state index in [4.69, 9.17) is 0 Å². The van der Waals surface area contributed by atoms with Crippen LogP contribution in [0, 0.1) is 5.41 Å². The Morgan fingerprint density at radius 2 is 2.30 bits per heavy atom. The topological polar surface area (TPSA) is 15.3 Å². The van der Waals surface area contributed by atoms with Gasteiger partial charge in [0.05, 0.1) is 0 Å². The molecule has 2 heteroatoms. The van der Waals surface area contributed by atoms with Crippen LogP contribution < -0.4 is 5.32 Å². The number of hydrogen-bond donors (Lipinski definition) is 1. The Kier molecular flexibility index (Phi) is 2.32. The highest BCUT2D eigenvalue weighted by molar-refractivity contribution is 4.85. The van der Waals surface area contributed by atoms with Gasteiger partial charge in [0.15, 0.2) is 0 Å². The fraction of sp³-hybridized carbons (Fsp3) is 1.00. The molecule has 0 aliphatic carbocycles. The Balaban J connectivity index is 2.38. The minimum Gasteiger partial charge on any atom is -0.319 e. The average molecular weight is 142 g/mol. The van der Waals surface area contributed by atoms with Crippen LogP contribution in [-0.4, -0.2) is 38.6 Å². The van der Waals surface area contributed by atoms with Gasteiger partial charge in [0.2, 0.25) is 0 Å². The first-order valence-electron chi connectivity index (χ1n) is 3.99. The molecule has 0 unspecified atom stereocenters. The number of nitrogens with one attached hydrogen (secondary N) is 1. The summed E-state index contributed by atoms with van der Waals surface area (Å²) in [7, 11) is 4.23. The van der Waals surface area contributed by atoms with Crippen LogP contribution in [0.5, 0.6) is 0 Å². The Morgan fingerprint density at radius 3 is 2.70 bits per heavy atom. The summed E-state index contributed by atoms with van der Waals surface area (Å²) in [6.45, 7) is 6.01. The largest absolute Gasteiger partial charge is 0.319 e. The minimum absolute atomic E-state index is 0.531. The van der Waals surface area contributed by atoms with Crippen molar-refractivity contribution >= 4 is 0 Å². The summed E-state index contributed by atoms with van der Waals surface area (Å²) >= 11 is 0. The quantitative estimate of drug-likeness (QED) is 0.605. The van der Waals surface area contributed by atoms with Crippen molar-refractivity contribution in [1.82, 2.24) is 10.2 Å². The number of rotatable bonds is 2. The van der Waals surface area contributed by atoms with E-state index in [0.29, 0.717) is 5.41 Å². The lowest BCUT2D eigenvalue weighted by Crippen LogP contribution is -2.31. The average Bonchev–Trinajstić information content (AvgIpc) is 2.12. The number of likely N-dealkylation sites (tertiary alicyclic amines) is 1. The molecule has 1 rings (SSSR count). The first-order valence-corrected chi connectivity index (χ1v) is 3.99. The standard InChI is InChI=1S/C8H18N2/c1-8(6-9-2)4-5-10(3)7-8/h9H,4-7H2,1-3H3/t8-/m1/s1. The van der Waals surface area contributed by atoms with Crippen molar-refractivity contribution in [2.24, 2.45) is 5.41 Å². The molecule has 1 atom stereocenters. The maximum Gasteiger partial charge on any atom is 0.00449 e. The van der Waals surface area contributed by atoms with E-state index in [2.05, 4.69) is 24.2 Å². The molecule has 0 amide bonds. The van der Waals surface area contributed by atoms with E-state index in [9.17, 15) is 0 Å². The Hall–Kier alpha value is -0.0800. The summed E-state index contributed by atoms with van der Waals surface area (Å²) in [4.78, 5) is 2.40. The van der Waals surface area contributed by atoms with Crippen molar-refractivity contribution in [2.45, 2.75) is 13.3 Å². The van der Waals surface area contributed by atoms with E-state index in [1.54, 1.807) is 0 Å². The first kappa shape index (κ1) is 8.02. The molecule has 1 N–H and O–H groups in total. The Morgan fingerprint density at radius 1 is 1.60 bits per heavy atom. The molecule has 10 heavy (non-hydrogen) atoms. The van der Waals surface area contributed by atoms with E-state index in [0.717, 1.165) is 6.54 Å². The van der Waals surface area contributed by atoms with Gasteiger partial charge in [-0.1, -0.05) is 6.92 Å². The fourth-order valence-corrected chi connectivity index (χ4v) is 1.84. The van der Waals surface area contributed by atoms with Gasteiger partial charge < -0.3 is 10.2 Å². The third-order valence-corrected chi connectivity index (χ3v) is 2.35. The molecule has 0 radical (unpaired) electrons. The molecule has 1 heterocycles. The molecule has 60 valence electrons. The van der Waals surface area contributed by atoms with Crippen LogP contribution in [0.1, 0.15) is 13.3 Å². The van der Waals surface area contributed by atoms with Crippen LogP contribution in [0.4, 0.5) is 0 Å². The van der Waals surface area contributed by atoms with Crippen LogP contribution in [-0.2, 0) is 0 Å². The van der Waals surface area contributed by atoms with Crippen LogP contribution in [0.2, 0.25) is 0 Å². The molecule has 0 aromatic rings. The van der Waals surface area contributed by atoms with E-state index < -0.39 is 0 Å². The molecule has 0 spiro atoms. The van der Waals surface area contributed by atoms with Gasteiger partial charge in [0, 0.05) is 13.1 Å².